The molecule has 0 saturated carbocycles. The maximum absolute atomic E-state index is 12.1. The van der Waals surface area contributed by atoms with Gasteiger partial charge in [0.15, 0.2) is 0 Å². The molecule has 2 heterocycles. The Morgan fingerprint density at radius 1 is 0.804 bits per heavy atom. The number of rotatable bonds is 18. The lowest BCUT2D eigenvalue weighted by molar-refractivity contribution is -0.138. The summed E-state index contributed by atoms with van der Waals surface area (Å²) in [5, 5.41) is 53.6. The third kappa shape index (κ3) is 8.51. The number of nitrogens with one attached hydrogen (secondary N) is 1. The van der Waals surface area contributed by atoms with Crippen LogP contribution < -0.4 is 5.32 Å². The molecule has 3 aliphatic rings. The first-order chi connectivity index (χ1) is 26.2. The second-order valence-corrected chi connectivity index (χ2v) is 17.9. The van der Waals surface area contributed by atoms with Gasteiger partial charge in [0.25, 0.3) is 20.2 Å². The molecular weight excluding hydrogens is 765 g/mol. The molecule has 56 heavy (non-hydrogen) atoms. The van der Waals surface area contributed by atoms with E-state index in [1.54, 1.807) is 0 Å². The van der Waals surface area contributed by atoms with Crippen LogP contribution in [0.15, 0.2) is 73.7 Å². The van der Waals surface area contributed by atoms with Gasteiger partial charge in [0.1, 0.15) is 23.5 Å². The van der Waals surface area contributed by atoms with Crippen LogP contribution in [0.2, 0.25) is 0 Å². The predicted octanol–water partition coefficient (Wildman–Crippen LogP) is 6.91. The van der Waals surface area contributed by atoms with Crippen molar-refractivity contribution >= 4 is 49.3 Å². The van der Waals surface area contributed by atoms with Gasteiger partial charge in [-0.05, 0) is 90.8 Å². The highest BCUT2D eigenvalue weighted by Crippen LogP contribution is 2.54. The topological polar surface area (TPSA) is 276 Å². The van der Waals surface area contributed by atoms with Crippen molar-refractivity contribution in [2.24, 2.45) is 10.9 Å². The van der Waals surface area contributed by atoms with Gasteiger partial charge in [0.2, 0.25) is 0 Å². The number of anilines is 1. The predicted molar refractivity (Wildman–Crippen MR) is 204 cm³/mol. The molecule has 2 aromatic rings. The molecule has 6 N–H and O–H groups in total. The van der Waals surface area contributed by atoms with Crippen molar-refractivity contribution in [3.05, 3.63) is 70.0 Å². The molecular formula is C39H44N4O11S2. The zero-order valence-corrected chi connectivity index (χ0v) is 32.6. The zero-order chi connectivity index (χ0) is 41.2. The number of nitriles is 2. The van der Waals surface area contributed by atoms with Crippen LogP contribution in [0.5, 0.6) is 0 Å². The van der Waals surface area contributed by atoms with Crippen molar-refractivity contribution < 1.29 is 50.8 Å². The summed E-state index contributed by atoms with van der Waals surface area (Å²) in [4.78, 5) is 26.4. The van der Waals surface area contributed by atoms with E-state index < -0.39 is 55.0 Å². The molecule has 15 nitrogen and oxygen atoms in total. The van der Waals surface area contributed by atoms with Crippen LogP contribution in [0.1, 0.15) is 102 Å². The number of carboxylic acid groups (broad SMARTS) is 2. The molecule has 2 aliphatic heterocycles. The Balaban J connectivity index is 1.49. The van der Waals surface area contributed by atoms with Crippen molar-refractivity contribution in [1.82, 2.24) is 0 Å². The summed E-state index contributed by atoms with van der Waals surface area (Å²) in [6.45, 7) is 3.76. The molecule has 2 aromatic carbocycles. The number of aliphatic carboxylic acids is 2. The molecule has 0 aromatic heterocycles. The summed E-state index contributed by atoms with van der Waals surface area (Å²) in [7, 11) is -9.12. The van der Waals surface area contributed by atoms with Gasteiger partial charge >= 0.3 is 11.9 Å². The fourth-order valence-corrected chi connectivity index (χ4v) is 9.38. The smallest absolute Gasteiger partial charge is 0.303 e. The monoisotopic (exact) mass is 808 g/mol. The first-order valence-corrected chi connectivity index (χ1v) is 21.1. The SMILES string of the molecule is CC1(CCCCCC(=O)O)C(CC2C(O)=C(CC3Nc4ccc(S(=O)(=O)O)cc4C3(C)CCCCCC(=O)O)C2=C(C#N)C#N)=Nc2ccc(S(=O)(=O)O)cc21. The van der Waals surface area contributed by atoms with Crippen molar-refractivity contribution in [2.75, 3.05) is 5.32 Å². The summed E-state index contributed by atoms with van der Waals surface area (Å²) < 4.78 is 68.1. The lowest BCUT2D eigenvalue weighted by atomic mass is 9.65. The van der Waals surface area contributed by atoms with E-state index in [0.717, 1.165) is 0 Å². The van der Waals surface area contributed by atoms with Crippen molar-refractivity contribution in [3.8, 4) is 12.1 Å². The molecule has 0 spiro atoms. The standard InChI is InChI=1S/C39H44N4O11S2/c1-38(15-7-3-5-9-34(44)45)28-17-24(55(49,50)51)11-13-30(28)42-32(38)19-26-36(23(21-40)22-41)27(37(26)48)20-33-39(2,16-8-4-6-10-35(46)47)29-18-25(56(52,53)54)12-14-31(29)43-33/h11-14,17-18,26,33,43,48H,3-10,15-16,19-20H2,1-2H3,(H,44,45)(H,46,47)(H,49,50,51)(H,52,53,54). The van der Waals surface area contributed by atoms with E-state index in [-0.39, 0.29) is 46.8 Å². The molecule has 0 fully saturated rings. The van der Waals surface area contributed by atoms with Crippen molar-refractivity contribution in [2.45, 2.75) is 118 Å². The second-order valence-electron chi connectivity index (χ2n) is 15.1. The Morgan fingerprint density at radius 3 is 1.91 bits per heavy atom. The van der Waals surface area contributed by atoms with Crippen molar-refractivity contribution in [1.29, 1.82) is 10.5 Å². The van der Waals surface area contributed by atoms with Crippen LogP contribution in [-0.4, -0.2) is 65.0 Å². The molecule has 0 bridgehead atoms. The molecule has 0 radical (unpaired) electrons. The number of hydrogen-bond donors (Lipinski definition) is 6. The maximum atomic E-state index is 12.1. The van der Waals surface area contributed by atoms with Gasteiger partial charge in [0.05, 0.1) is 15.5 Å². The number of carboxylic acids is 2. The van der Waals surface area contributed by atoms with Gasteiger partial charge in [-0.2, -0.15) is 27.4 Å². The van der Waals surface area contributed by atoms with Gasteiger partial charge in [-0.15, -0.1) is 0 Å². The summed E-state index contributed by atoms with van der Waals surface area (Å²) in [5.74, 6) is -2.76. The normalized spacial score (nSPS) is 22.6. The number of hydrogen-bond acceptors (Lipinski definition) is 11. The number of allylic oxidation sites excluding steroid dienone is 2. The van der Waals surface area contributed by atoms with Crippen LogP contribution in [0, 0.1) is 28.6 Å². The van der Waals surface area contributed by atoms with Gasteiger partial charge in [0, 0.05) is 53.5 Å². The van der Waals surface area contributed by atoms with Crippen LogP contribution in [0.4, 0.5) is 11.4 Å². The van der Waals surface area contributed by atoms with Crippen LogP contribution in [0.3, 0.4) is 0 Å². The lowest BCUT2D eigenvalue weighted by Gasteiger charge is -2.40. The van der Waals surface area contributed by atoms with Crippen LogP contribution in [0.25, 0.3) is 0 Å². The fourth-order valence-electron chi connectivity index (χ4n) is 8.37. The molecule has 4 atom stereocenters. The molecule has 4 unspecified atom stereocenters. The minimum absolute atomic E-state index is 0.00881. The number of aliphatic imine (C=N–C) groups is 1. The minimum Gasteiger partial charge on any atom is -0.511 e. The Labute approximate surface area is 325 Å². The lowest BCUT2D eigenvalue weighted by Crippen LogP contribution is -2.40. The number of aliphatic hydroxyl groups is 1. The minimum atomic E-state index is -4.57. The third-order valence-electron chi connectivity index (χ3n) is 11.5. The average Bonchev–Trinajstić information content (AvgIpc) is 3.56. The number of carbonyl (C=O) groups is 2. The summed E-state index contributed by atoms with van der Waals surface area (Å²) >= 11 is 0. The highest BCUT2D eigenvalue weighted by molar-refractivity contribution is 7.86. The van der Waals surface area contributed by atoms with E-state index in [4.69, 9.17) is 15.2 Å². The fraction of sp³-hybridized carbons (Fsp3) is 0.462. The second kappa shape index (κ2) is 16.2. The average molecular weight is 809 g/mol. The van der Waals surface area contributed by atoms with E-state index in [1.807, 2.05) is 26.0 Å². The molecule has 0 saturated heterocycles. The molecule has 1 aliphatic carbocycles. The number of fused-ring (bicyclic) bond motifs is 2. The highest BCUT2D eigenvalue weighted by Gasteiger charge is 2.49. The summed E-state index contributed by atoms with van der Waals surface area (Å²) in [6.07, 6.45) is 4.12. The van der Waals surface area contributed by atoms with Gasteiger partial charge in [-0.25, -0.2) is 0 Å². The maximum Gasteiger partial charge on any atom is 0.303 e. The number of unbranched alkanes of at least 4 members (excludes halogenated alkanes) is 4. The number of benzene rings is 2. The first-order valence-electron chi connectivity index (χ1n) is 18.2. The number of nitrogens with zero attached hydrogens (tertiary/aromatic N) is 3. The molecule has 0 amide bonds. The number of aliphatic hydroxyl groups excluding tert-OH is 1. The molecule has 298 valence electrons. The van der Waals surface area contributed by atoms with E-state index in [9.17, 15) is 51.2 Å². The van der Waals surface area contributed by atoms with E-state index in [0.29, 0.717) is 90.7 Å². The van der Waals surface area contributed by atoms with Gasteiger partial charge < -0.3 is 20.6 Å². The van der Waals surface area contributed by atoms with Crippen LogP contribution in [-0.2, 0) is 40.7 Å². The zero-order valence-electron chi connectivity index (χ0n) is 30.9. The van der Waals surface area contributed by atoms with Gasteiger partial charge in [-0.3, -0.25) is 23.7 Å². The van der Waals surface area contributed by atoms with E-state index in [1.165, 1.54) is 36.4 Å². The molecule has 17 heteroatoms. The van der Waals surface area contributed by atoms with Crippen molar-refractivity contribution in [3.63, 3.8) is 0 Å². The Hall–Kier alpha value is -5.07. The Bertz CT molecular complexity index is 2340. The summed E-state index contributed by atoms with van der Waals surface area (Å²) in [5.41, 5.74) is 1.43. The largest absolute Gasteiger partial charge is 0.511 e. The summed E-state index contributed by atoms with van der Waals surface area (Å²) in [6, 6.07) is 11.7. The van der Waals surface area contributed by atoms with Gasteiger partial charge in [-0.1, -0.05) is 39.5 Å². The first kappa shape index (κ1) is 42.1. The van der Waals surface area contributed by atoms with Crippen LogP contribution >= 0.6 is 0 Å². The van der Waals surface area contributed by atoms with E-state index >= 15 is 0 Å². The Morgan fingerprint density at radius 2 is 1.36 bits per heavy atom. The van der Waals surface area contributed by atoms with E-state index in [2.05, 4.69) is 5.32 Å². The quantitative estimate of drug-likeness (QED) is 0.0507. The Kier molecular flexibility index (Phi) is 12.2. The molecule has 5 rings (SSSR count). The third-order valence-corrected chi connectivity index (χ3v) is 13.2. The highest BCUT2D eigenvalue weighted by atomic mass is 32.2.